The SMILES string of the molecule is NC(=O)c1ccc(NCC(=O)Nc2cccc(I)c2)cc1. The average Bonchev–Trinajstić information content (AvgIpc) is 2.45. The zero-order valence-electron chi connectivity index (χ0n) is 11.1. The minimum Gasteiger partial charge on any atom is -0.376 e. The van der Waals surface area contributed by atoms with Gasteiger partial charge in [-0.15, -0.1) is 0 Å². The second-order valence-electron chi connectivity index (χ2n) is 4.35. The maximum Gasteiger partial charge on any atom is 0.248 e. The van der Waals surface area contributed by atoms with Crippen molar-refractivity contribution >= 4 is 45.8 Å². The monoisotopic (exact) mass is 395 g/mol. The highest BCUT2D eigenvalue weighted by molar-refractivity contribution is 14.1. The molecule has 108 valence electrons. The van der Waals surface area contributed by atoms with Crippen LogP contribution in [-0.4, -0.2) is 18.4 Å². The molecule has 0 aromatic heterocycles. The molecule has 0 saturated heterocycles. The molecule has 2 aromatic rings. The van der Waals surface area contributed by atoms with Crippen LogP contribution in [0.5, 0.6) is 0 Å². The molecule has 0 saturated carbocycles. The van der Waals surface area contributed by atoms with Gasteiger partial charge >= 0.3 is 0 Å². The molecule has 4 N–H and O–H groups in total. The fourth-order valence-corrected chi connectivity index (χ4v) is 2.25. The molecule has 0 heterocycles. The molecule has 2 aromatic carbocycles. The maximum atomic E-state index is 11.8. The molecule has 21 heavy (non-hydrogen) atoms. The van der Waals surface area contributed by atoms with E-state index in [-0.39, 0.29) is 12.5 Å². The Labute approximate surface area is 136 Å². The molecule has 0 unspecified atom stereocenters. The number of primary amides is 1. The van der Waals surface area contributed by atoms with E-state index in [9.17, 15) is 9.59 Å². The number of nitrogens with one attached hydrogen (secondary N) is 2. The summed E-state index contributed by atoms with van der Waals surface area (Å²) in [6.45, 7) is 0.140. The van der Waals surface area contributed by atoms with Crippen LogP contribution in [0.2, 0.25) is 0 Å². The molecular weight excluding hydrogens is 381 g/mol. The first-order chi connectivity index (χ1) is 10.0. The lowest BCUT2D eigenvalue weighted by Gasteiger charge is -2.08. The van der Waals surface area contributed by atoms with Gasteiger partial charge in [-0.2, -0.15) is 0 Å². The van der Waals surface area contributed by atoms with Crippen LogP contribution in [0.3, 0.4) is 0 Å². The summed E-state index contributed by atoms with van der Waals surface area (Å²) < 4.78 is 1.06. The van der Waals surface area contributed by atoms with Crippen LogP contribution in [-0.2, 0) is 4.79 Å². The van der Waals surface area contributed by atoms with E-state index in [0.29, 0.717) is 5.56 Å². The van der Waals surface area contributed by atoms with E-state index < -0.39 is 5.91 Å². The van der Waals surface area contributed by atoms with Crippen molar-refractivity contribution in [3.8, 4) is 0 Å². The quantitative estimate of drug-likeness (QED) is 0.680. The van der Waals surface area contributed by atoms with Crippen LogP contribution in [0.25, 0.3) is 0 Å². The van der Waals surface area contributed by atoms with Crippen molar-refractivity contribution in [3.63, 3.8) is 0 Å². The number of benzene rings is 2. The van der Waals surface area contributed by atoms with Crippen molar-refractivity contribution in [1.29, 1.82) is 0 Å². The lowest BCUT2D eigenvalue weighted by atomic mass is 10.2. The molecule has 0 fully saturated rings. The Balaban J connectivity index is 1.87. The van der Waals surface area contributed by atoms with Crippen LogP contribution in [0.1, 0.15) is 10.4 Å². The topological polar surface area (TPSA) is 84.2 Å². The summed E-state index contributed by atoms with van der Waals surface area (Å²) in [5.41, 5.74) is 7.10. The van der Waals surface area contributed by atoms with Gasteiger partial charge in [-0.05, 0) is 65.1 Å². The van der Waals surface area contributed by atoms with Crippen molar-refractivity contribution in [2.45, 2.75) is 0 Å². The number of carbonyl (C=O) groups is 2. The van der Waals surface area contributed by atoms with Crippen molar-refractivity contribution in [1.82, 2.24) is 0 Å². The number of hydrogen-bond acceptors (Lipinski definition) is 3. The first kappa shape index (κ1) is 15.3. The molecule has 0 spiro atoms. The Morgan fingerprint density at radius 1 is 1.05 bits per heavy atom. The molecule has 0 atom stereocenters. The Kier molecular flexibility index (Phi) is 5.15. The van der Waals surface area contributed by atoms with Gasteiger partial charge in [0, 0.05) is 20.5 Å². The lowest BCUT2D eigenvalue weighted by Crippen LogP contribution is -2.21. The maximum absolute atomic E-state index is 11.8. The number of halogens is 1. The lowest BCUT2D eigenvalue weighted by molar-refractivity contribution is -0.114. The first-order valence-electron chi connectivity index (χ1n) is 6.24. The first-order valence-corrected chi connectivity index (χ1v) is 7.31. The highest BCUT2D eigenvalue weighted by atomic mass is 127. The van der Waals surface area contributed by atoms with E-state index in [2.05, 4.69) is 33.2 Å². The van der Waals surface area contributed by atoms with E-state index in [1.807, 2.05) is 24.3 Å². The highest BCUT2D eigenvalue weighted by Gasteiger charge is 2.04. The largest absolute Gasteiger partial charge is 0.376 e. The highest BCUT2D eigenvalue weighted by Crippen LogP contribution is 2.12. The number of anilines is 2. The summed E-state index contributed by atoms with van der Waals surface area (Å²) in [6, 6.07) is 14.2. The van der Waals surface area contributed by atoms with E-state index in [1.165, 1.54) is 0 Å². The Morgan fingerprint density at radius 2 is 1.76 bits per heavy atom. The zero-order chi connectivity index (χ0) is 15.2. The summed E-state index contributed by atoms with van der Waals surface area (Å²) in [5.74, 6) is -0.617. The van der Waals surface area contributed by atoms with Gasteiger partial charge in [0.15, 0.2) is 0 Å². The number of carbonyl (C=O) groups excluding carboxylic acids is 2. The van der Waals surface area contributed by atoms with Gasteiger partial charge in [-0.25, -0.2) is 0 Å². The van der Waals surface area contributed by atoms with Gasteiger partial charge in [-0.1, -0.05) is 6.07 Å². The Morgan fingerprint density at radius 3 is 2.38 bits per heavy atom. The van der Waals surface area contributed by atoms with Gasteiger partial charge in [0.25, 0.3) is 0 Å². The van der Waals surface area contributed by atoms with Gasteiger partial charge in [0.2, 0.25) is 11.8 Å². The van der Waals surface area contributed by atoms with Crippen LogP contribution in [0.4, 0.5) is 11.4 Å². The van der Waals surface area contributed by atoms with E-state index in [0.717, 1.165) is 14.9 Å². The molecule has 0 aliphatic heterocycles. The van der Waals surface area contributed by atoms with E-state index >= 15 is 0 Å². The molecule has 6 heteroatoms. The Bertz CT molecular complexity index is 656. The molecule has 0 bridgehead atoms. The second-order valence-corrected chi connectivity index (χ2v) is 5.60. The average molecular weight is 395 g/mol. The molecule has 2 rings (SSSR count). The molecule has 0 aliphatic carbocycles. The number of amides is 2. The third kappa shape index (κ3) is 4.75. The fraction of sp³-hybridized carbons (Fsp3) is 0.0667. The van der Waals surface area contributed by atoms with Crippen LogP contribution < -0.4 is 16.4 Å². The normalized spacial score (nSPS) is 9.95. The van der Waals surface area contributed by atoms with E-state index in [4.69, 9.17) is 5.73 Å². The third-order valence-electron chi connectivity index (χ3n) is 2.73. The van der Waals surface area contributed by atoms with Crippen LogP contribution in [0.15, 0.2) is 48.5 Å². The van der Waals surface area contributed by atoms with Crippen molar-refractivity contribution in [3.05, 3.63) is 57.7 Å². The minimum atomic E-state index is -0.474. The summed E-state index contributed by atoms with van der Waals surface area (Å²) in [7, 11) is 0. The number of hydrogen-bond donors (Lipinski definition) is 3. The smallest absolute Gasteiger partial charge is 0.248 e. The van der Waals surface area contributed by atoms with E-state index in [1.54, 1.807) is 24.3 Å². The Hall–Kier alpha value is -2.09. The zero-order valence-corrected chi connectivity index (χ0v) is 13.3. The summed E-state index contributed by atoms with van der Waals surface area (Å²) in [6.07, 6.45) is 0. The number of nitrogens with two attached hydrogens (primary N) is 1. The predicted molar refractivity (Wildman–Crippen MR) is 91.2 cm³/mol. The van der Waals surface area contributed by atoms with Crippen molar-refractivity contribution in [2.24, 2.45) is 5.73 Å². The third-order valence-corrected chi connectivity index (χ3v) is 3.40. The van der Waals surface area contributed by atoms with Gasteiger partial charge in [0.1, 0.15) is 0 Å². The molecule has 2 amide bonds. The minimum absolute atomic E-state index is 0.140. The second kappa shape index (κ2) is 7.07. The molecule has 0 aliphatic rings. The van der Waals surface area contributed by atoms with Crippen molar-refractivity contribution in [2.75, 3.05) is 17.2 Å². The molecular formula is C15H14IN3O2. The molecule has 5 nitrogen and oxygen atoms in total. The fourth-order valence-electron chi connectivity index (χ4n) is 1.71. The summed E-state index contributed by atoms with van der Waals surface area (Å²) in [5, 5.41) is 5.78. The van der Waals surface area contributed by atoms with Crippen molar-refractivity contribution < 1.29 is 9.59 Å². The van der Waals surface area contributed by atoms with Gasteiger partial charge < -0.3 is 16.4 Å². The number of rotatable bonds is 5. The standard InChI is InChI=1S/C15H14IN3O2/c16-11-2-1-3-13(8-11)19-14(20)9-18-12-6-4-10(5-7-12)15(17)21/h1-8,18H,9H2,(H2,17,21)(H,19,20). The van der Waals surface area contributed by atoms with Crippen LogP contribution >= 0.6 is 22.6 Å². The van der Waals surface area contributed by atoms with Crippen LogP contribution in [0, 0.1) is 3.57 Å². The summed E-state index contributed by atoms with van der Waals surface area (Å²) >= 11 is 2.19. The molecule has 0 radical (unpaired) electrons. The predicted octanol–water partition coefficient (Wildman–Crippen LogP) is 2.44. The van der Waals surface area contributed by atoms with Gasteiger partial charge in [0.05, 0.1) is 6.54 Å². The van der Waals surface area contributed by atoms with Gasteiger partial charge in [-0.3, -0.25) is 9.59 Å². The summed E-state index contributed by atoms with van der Waals surface area (Å²) in [4.78, 5) is 22.8.